The van der Waals surface area contributed by atoms with E-state index in [1.807, 2.05) is 0 Å². The molecule has 94 valence electrons. The van der Waals surface area contributed by atoms with E-state index < -0.39 is 0 Å². The summed E-state index contributed by atoms with van der Waals surface area (Å²) in [5, 5.41) is 8.26. The standard InChI is InChI=1S/C14H21NO2/c15-12-13-7-3-1-5-10(13)9-11-6-2-4-8-14(11,16-12)17-13/h10-11,15H,1-9H2. The van der Waals surface area contributed by atoms with Gasteiger partial charge in [0.15, 0.2) is 5.60 Å². The van der Waals surface area contributed by atoms with Gasteiger partial charge in [-0.05, 0) is 38.0 Å². The molecule has 0 aromatic carbocycles. The van der Waals surface area contributed by atoms with Crippen LogP contribution in [0.5, 0.6) is 0 Å². The summed E-state index contributed by atoms with van der Waals surface area (Å²) < 4.78 is 12.4. The second-order valence-electron chi connectivity index (χ2n) is 6.36. The SMILES string of the molecule is N=C1OC23CCCCC2CC2CCCCC12O3. The largest absolute Gasteiger partial charge is 0.446 e. The van der Waals surface area contributed by atoms with Crippen LogP contribution in [-0.2, 0) is 9.47 Å². The van der Waals surface area contributed by atoms with Gasteiger partial charge in [0.05, 0.1) is 0 Å². The molecule has 4 unspecified atom stereocenters. The van der Waals surface area contributed by atoms with Crippen LogP contribution in [0, 0.1) is 17.2 Å². The van der Waals surface area contributed by atoms with Crippen molar-refractivity contribution >= 4 is 5.90 Å². The normalized spacial score (nSPS) is 52.6. The molecule has 3 heteroatoms. The predicted molar refractivity (Wildman–Crippen MR) is 63.9 cm³/mol. The van der Waals surface area contributed by atoms with Crippen LogP contribution in [0.15, 0.2) is 0 Å². The number of hydrogen-bond acceptors (Lipinski definition) is 3. The zero-order chi connectivity index (χ0) is 11.5. The van der Waals surface area contributed by atoms with Crippen LogP contribution in [0.2, 0.25) is 0 Å². The Morgan fingerprint density at radius 2 is 1.76 bits per heavy atom. The molecule has 2 aliphatic carbocycles. The number of hydrogen-bond donors (Lipinski definition) is 1. The summed E-state index contributed by atoms with van der Waals surface area (Å²) in [4.78, 5) is 0. The van der Waals surface area contributed by atoms with Crippen molar-refractivity contribution in [2.45, 2.75) is 69.2 Å². The van der Waals surface area contributed by atoms with Crippen LogP contribution >= 0.6 is 0 Å². The van der Waals surface area contributed by atoms with E-state index in [-0.39, 0.29) is 11.4 Å². The molecule has 4 aliphatic rings. The van der Waals surface area contributed by atoms with Gasteiger partial charge in [-0.1, -0.05) is 19.3 Å². The fourth-order valence-corrected chi connectivity index (χ4v) is 4.69. The first-order valence-corrected chi connectivity index (χ1v) is 7.23. The molecule has 4 atom stereocenters. The minimum absolute atomic E-state index is 0.313. The summed E-state index contributed by atoms with van der Waals surface area (Å²) in [5.74, 6) is 1.19. The van der Waals surface area contributed by atoms with Gasteiger partial charge in [0.1, 0.15) is 0 Å². The Hall–Kier alpha value is -0.570. The van der Waals surface area contributed by atoms with Gasteiger partial charge >= 0.3 is 0 Å². The zero-order valence-electron chi connectivity index (χ0n) is 10.3. The summed E-state index contributed by atoms with van der Waals surface area (Å²) in [6.07, 6.45) is 10.8. The lowest BCUT2D eigenvalue weighted by Gasteiger charge is -2.49. The average molecular weight is 235 g/mol. The molecule has 4 fully saturated rings. The number of nitrogens with one attached hydrogen (secondary N) is 1. The first-order chi connectivity index (χ1) is 8.25. The molecule has 2 aliphatic heterocycles. The maximum atomic E-state index is 8.26. The van der Waals surface area contributed by atoms with E-state index in [4.69, 9.17) is 14.9 Å². The Kier molecular flexibility index (Phi) is 1.98. The average Bonchev–Trinajstić information content (AvgIpc) is 2.55. The third kappa shape index (κ3) is 1.19. The highest BCUT2D eigenvalue weighted by atomic mass is 16.8. The van der Waals surface area contributed by atoms with E-state index in [1.165, 1.54) is 44.9 Å². The topological polar surface area (TPSA) is 42.3 Å². The Balaban J connectivity index is 1.75. The first-order valence-electron chi connectivity index (χ1n) is 7.23. The Labute approximate surface area is 102 Å². The van der Waals surface area contributed by atoms with E-state index in [0.717, 1.165) is 12.8 Å². The fourth-order valence-electron chi connectivity index (χ4n) is 4.69. The molecule has 2 saturated carbocycles. The van der Waals surface area contributed by atoms with E-state index in [9.17, 15) is 0 Å². The maximum Gasteiger partial charge on any atom is 0.216 e. The summed E-state index contributed by atoms with van der Waals surface area (Å²) >= 11 is 0. The Morgan fingerprint density at radius 3 is 2.65 bits per heavy atom. The molecule has 0 radical (unpaired) electrons. The molecule has 0 amide bonds. The predicted octanol–water partition coefficient (Wildman–Crippen LogP) is 3.23. The van der Waals surface area contributed by atoms with Crippen LogP contribution in [0.4, 0.5) is 0 Å². The molecule has 2 bridgehead atoms. The minimum Gasteiger partial charge on any atom is -0.446 e. The molecule has 1 N–H and O–H groups in total. The first kappa shape index (κ1) is 10.4. The molecule has 3 nitrogen and oxygen atoms in total. The van der Waals surface area contributed by atoms with Gasteiger partial charge in [0, 0.05) is 12.3 Å². The van der Waals surface area contributed by atoms with Crippen LogP contribution in [0.1, 0.15) is 57.8 Å². The highest BCUT2D eigenvalue weighted by Crippen LogP contribution is 2.59. The van der Waals surface area contributed by atoms with E-state index in [2.05, 4.69) is 0 Å². The highest BCUT2D eigenvalue weighted by Gasteiger charge is 2.66. The molecule has 0 aromatic rings. The summed E-state index contributed by atoms with van der Waals surface area (Å²) in [7, 11) is 0. The molecule has 4 rings (SSSR count). The van der Waals surface area contributed by atoms with Crippen LogP contribution in [0.25, 0.3) is 0 Å². The van der Waals surface area contributed by atoms with Gasteiger partial charge < -0.3 is 9.47 Å². The number of ether oxygens (including phenoxy) is 2. The van der Waals surface area contributed by atoms with Crippen molar-refractivity contribution in [2.24, 2.45) is 11.8 Å². The monoisotopic (exact) mass is 235 g/mol. The van der Waals surface area contributed by atoms with Gasteiger partial charge in [0.25, 0.3) is 0 Å². The molecule has 2 saturated heterocycles. The molecule has 17 heavy (non-hydrogen) atoms. The van der Waals surface area contributed by atoms with Crippen LogP contribution in [-0.4, -0.2) is 17.3 Å². The number of rotatable bonds is 0. The summed E-state index contributed by atoms with van der Waals surface area (Å²) in [5.41, 5.74) is -0.313. The smallest absolute Gasteiger partial charge is 0.216 e. The molecule has 2 heterocycles. The second kappa shape index (κ2) is 3.25. The Morgan fingerprint density at radius 1 is 1.00 bits per heavy atom. The lowest BCUT2D eigenvalue weighted by molar-refractivity contribution is -0.276. The van der Waals surface area contributed by atoms with Crippen LogP contribution < -0.4 is 0 Å². The highest BCUT2D eigenvalue weighted by molar-refractivity contribution is 5.85. The third-order valence-corrected chi connectivity index (χ3v) is 5.54. The zero-order valence-corrected chi connectivity index (χ0v) is 10.3. The molecular weight excluding hydrogens is 214 g/mol. The second-order valence-corrected chi connectivity index (χ2v) is 6.36. The van der Waals surface area contributed by atoms with Crippen LogP contribution in [0.3, 0.4) is 0 Å². The van der Waals surface area contributed by atoms with Gasteiger partial charge in [-0.3, -0.25) is 5.41 Å². The summed E-state index contributed by atoms with van der Waals surface area (Å²) in [6.45, 7) is 0. The van der Waals surface area contributed by atoms with Crippen molar-refractivity contribution in [1.29, 1.82) is 5.41 Å². The van der Waals surface area contributed by atoms with Gasteiger partial charge in [0.2, 0.25) is 11.7 Å². The molecule has 2 spiro atoms. The van der Waals surface area contributed by atoms with Gasteiger partial charge in [-0.25, -0.2) is 0 Å². The molecular formula is C14H21NO2. The van der Waals surface area contributed by atoms with Crippen molar-refractivity contribution < 1.29 is 9.47 Å². The lowest BCUT2D eigenvalue weighted by Crippen LogP contribution is -2.55. The van der Waals surface area contributed by atoms with Crippen molar-refractivity contribution in [3.8, 4) is 0 Å². The van der Waals surface area contributed by atoms with Gasteiger partial charge in [-0.2, -0.15) is 0 Å². The van der Waals surface area contributed by atoms with Crippen molar-refractivity contribution in [3.63, 3.8) is 0 Å². The maximum absolute atomic E-state index is 8.26. The Bertz CT molecular complexity index is 369. The minimum atomic E-state index is -0.386. The van der Waals surface area contributed by atoms with Crippen molar-refractivity contribution in [3.05, 3.63) is 0 Å². The van der Waals surface area contributed by atoms with E-state index in [0.29, 0.717) is 17.7 Å². The van der Waals surface area contributed by atoms with E-state index in [1.54, 1.807) is 0 Å². The lowest BCUT2D eigenvalue weighted by atomic mass is 9.66. The summed E-state index contributed by atoms with van der Waals surface area (Å²) in [6, 6.07) is 0. The van der Waals surface area contributed by atoms with Crippen molar-refractivity contribution in [1.82, 2.24) is 0 Å². The third-order valence-electron chi connectivity index (χ3n) is 5.54. The van der Waals surface area contributed by atoms with Gasteiger partial charge in [-0.15, -0.1) is 0 Å². The molecule has 0 aromatic heterocycles. The fraction of sp³-hybridized carbons (Fsp3) is 0.929. The van der Waals surface area contributed by atoms with E-state index >= 15 is 0 Å². The van der Waals surface area contributed by atoms with Crippen molar-refractivity contribution in [2.75, 3.05) is 0 Å². The quantitative estimate of drug-likeness (QED) is 0.700.